The van der Waals surface area contributed by atoms with E-state index in [-0.39, 0.29) is 35.7 Å². The summed E-state index contributed by atoms with van der Waals surface area (Å²) in [6.45, 7) is 12.6. The van der Waals surface area contributed by atoms with Gasteiger partial charge >= 0.3 is 0 Å². The van der Waals surface area contributed by atoms with E-state index in [0.717, 1.165) is 6.42 Å². The zero-order valence-electron chi connectivity index (χ0n) is 19.2. The van der Waals surface area contributed by atoms with Crippen LogP contribution in [0.3, 0.4) is 0 Å². The molecule has 0 radical (unpaired) electrons. The number of ketones is 1. The summed E-state index contributed by atoms with van der Waals surface area (Å²) in [6.07, 6.45) is 0.933. The number of carbonyl (C=O) groups is 3. The van der Waals surface area contributed by atoms with Gasteiger partial charge in [0, 0.05) is 44.4 Å². The van der Waals surface area contributed by atoms with E-state index in [1.807, 2.05) is 6.92 Å². The third-order valence-corrected chi connectivity index (χ3v) is 5.32. The second-order valence-electron chi connectivity index (χ2n) is 7.91. The summed E-state index contributed by atoms with van der Waals surface area (Å²) in [6, 6.07) is -0.662. The summed E-state index contributed by atoms with van der Waals surface area (Å²) in [5.74, 6) is -0.00351. The van der Waals surface area contributed by atoms with Crippen LogP contribution in [-0.2, 0) is 23.9 Å². The number of rotatable bonds is 18. The Bertz CT molecular complexity index is 503. The van der Waals surface area contributed by atoms with Gasteiger partial charge in [-0.3, -0.25) is 14.4 Å². The van der Waals surface area contributed by atoms with E-state index in [1.165, 1.54) is 11.8 Å². The van der Waals surface area contributed by atoms with Crippen LogP contribution in [0.5, 0.6) is 0 Å². The Hall–Kier alpha value is -1.16. The second-order valence-corrected chi connectivity index (χ2v) is 9.15. The lowest BCUT2D eigenvalue weighted by molar-refractivity contribution is -0.126. The normalized spacial score (nSPS) is 13.3. The van der Waals surface area contributed by atoms with E-state index < -0.39 is 11.3 Å². The quantitative estimate of drug-likeness (QED) is 0.271. The molecule has 0 aliphatic heterocycles. The van der Waals surface area contributed by atoms with E-state index in [0.29, 0.717) is 45.4 Å². The minimum atomic E-state index is -0.662. The Kier molecular flexibility index (Phi) is 16.8. The van der Waals surface area contributed by atoms with Crippen molar-refractivity contribution in [2.75, 3.05) is 45.3 Å². The van der Waals surface area contributed by atoms with Gasteiger partial charge in [0.05, 0.1) is 24.5 Å². The number of hydrogen-bond donors (Lipinski definition) is 3. The van der Waals surface area contributed by atoms with E-state index in [2.05, 4.69) is 24.5 Å². The summed E-state index contributed by atoms with van der Waals surface area (Å²) in [5, 5.41) is 4.94. The zero-order chi connectivity index (χ0) is 22.9. The first kappa shape index (κ1) is 28.8. The van der Waals surface area contributed by atoms with Gasteiger partial charge in [-0.25, -0.2) is 0 Å². The molecule has 0 aliphatic carbocycles. The molecule has 9 heteroatoms. The van der Waals surface area contributed by atoms with Gasteiger partial charge in [0.25, 0.3) is 0 Å². The van der Waals surface area contributed by atoms with Crippen LogP contribution in [0.15, 0.2) is 0 Å². The molecule has 2 amide bonds. The van der Waals surface area contributed by atoms with E-state index in [1.54, 1.807) is 13.8 Å². The predicted molar refractivity (Wildman–Crippen MR) is 121 cm³/mol. The highest BCUT2D eigenvalue weighted by atomic mass is 32.2. The molecular weight excluding hydrogens is 406 g/mol. The number of ether oxygens (including phenoxy) is 2. The number of nitrogens with one attached hydrogen (secondary N) is 2. The summed E-state index contributed by atoms with van der Waals surface area (Å²) >= 11 is 1.24. The van der Waals surface area contributed by atoms with Crippen LogP contribution in [0.4, 0.5) is 0 Å². The van der Waals surface area contributed by atoms with Crippen molar-refractivity contribution in [1.29, 1.82) is 0 Å². The first-order chi connectivity index (χ1) is 14.2. The van der Waals surface area contributed by atoms with Crippen LogP contribution in [0.1, 0.15) is 47.5 Å². The Morgan fingerprint density at radius 2 is 1.60 bits per heavy atom. The van der Waals surface area contributed by atoms with Gasteiger partial charge < -0.3 is 25.8 Å². The Balaban J connectivity index is 4.60. The molecule has 2 atom stereocenters. The molecular formula is C21H41N3O5S. The molecule has 0 spiro atoms. The molecule has 0 saturated carbocycles. The van der Waals surface area contributed by atoms with Crippen LogP contribution in [-0.4, -0.2) is 74.2 Å². The minimum absolute atomic E-state index is 0.0136. The molecule has 0 aromatic rings. The third kappa shape index (κ3) is 14.8. The summed E-state index contributed by atoms with van der Waals surface area (Å²) < 4.78 is 10.8. The molecule has 0 fully saturated rings. The highest BCUT2D eigenvalue weighted by molar-refractivity contribution is 8.00. The minimum Gasteiger partial charge on any atom is -0.380 e. The summed E-state index contributed by atoms with van der Waals surface area (Å²) in [7, 11) is 0. The average Bonchev–Trinajstić information content (AvgIpc) is 2.69. The van der Waals surface area contributed by atoms with Crippen molar-refractivity contribution in [3.63, 3.8) is 0 Å². The van der Waals surface area contributed by atoms with Crippen molar-refractivity contribution in [3.8, 4) is 0 Å². The molecule has 1 unspecified atom stereocenters. The lowest BCUT2D eigenvalue weighted by Gasteiger charge is -2.19. The van der Waals surface area contributed by atoms with Crippen molar-refractivity contribution >= 4 is 29.4 Å². The van der Waals surface area contributed by atoms with Crippen LogP contribution >= 0.6 is 11.8 Å². The molecule has 0 aromatic heterocycles. The molecule has 0 heterocycles. The number of nitrogens with two attached hydrogens (primary N) is 1. The summed E-state index contributed by atoms with van der Waals surface area (Å²) in [4.78, 5) is 36.9. The lowest BCUT2D eigenvalue weighted by atomic mass is 10.0. The van der Waals surface area contributed by atoms with Gasteiger partial charge in [-0.15, -0.1) is 11.8 Å². The zero-order valence-corrected chi connectivity index (χ0v) is 20.0. The van der Waals surface area contributed by atoms with Crippen LogP contribution < -0.4 is 16.4 Å². The van der Waals surface area contributed by atoms with Gasteiger partial charge in [-0.05, 0) is 12.3 Å². The lowest BCUT2D eigenvalue weighted by Crippen LogP contribution is -2.41. The summed E-state index contributed by atoms with van der Waals surface area (Å²) in [5.41, 5.74) is 5.95. The van der Waals surface area contributed by atoms with Gasteiger partial charge in [-0.2, -0.15) is 0 Å². The molecule has 8 nitrogen and oxygen atoms in total. The van der Waals surface area contributed by atoms with Gasteiger partial charge in [0.15, 0.2) is 5.78 Å². The van der Waals surface area contributed by atoms with Crippen LogP contribution in [0.25, 0.3) is 0 Å². The van der Waals surface area contributed by atoms with E-state index >= 15 is 0 Å². The maximum absolute atomic E-state index is 12.6. The number of carbonyl (C=O) groups excluding carboxylic acids is 3. The van der Waals surface area contributed by atoms with E-state index in [4.69, 9.17) is 15.2 Å². The van der Waals surface area contributed by atoms with E-state index in [9.17, 15) is 14.4 Å². The van der Waals surface area contributed by atoms with Crippen molar-refractivity contribution in [2.24, 2.45) is 17.6 Å². The standard InChI is InChI=1S/C21H41N3O5S/c1-6-9-28-10-7-23-19(25)12-18(30-14-17(22)20(26)16(4)5)21(27)24-8-11-29-13-15(2)3/h15-18H,6-14,22H2,1-5H3,(H,23,25)(H,24,27)/t17-,18?/m0/s1. The second kappa shape index (κ2) is 17.5. The molecule has 0 aromatic carbocycles. The number of hydrogen-bond acceptors (Lipinski definition) is 7. The maximum Gasteiger partial charge on any atom is 0.233 e. The van der Waals surface area contributed by atoms with Crippen molar-refractivity contribution in [1.82, 2.24) is 10.6 Å². The monoisotopic (exact) mass is 447 g/mol. The highest BCUT2D eigenvalue weighted by Crippen LogP contribution is 2.17. The molecule has 176 valence electrons. The first-order valence-corrected chi connectivity index (χ1v) is 11.8. The molecule has 0 bridgehead atoms. The van der Waals surface area contributed by atoms with Crippen LogP contribution in [0, 0.1) is 11.8 Å². The Morgan fingerprint density at radius 1 is 0.967 bits per heavy atom. The highest BCUT2D eigenvalue weighted by Gasteiger charge is 2.25. The largest absolute Gasteiger partial charge is 0.380 e. The van der Waals surface area contributed by atoms with Crippen molar-refractivity contribution in [2.45, 2.75) is 58.8 Å². The van der Waals surface area contributed by atoms with Crippen LogP contribution in [0.2, 0.25) is 0 Å². The molecule has 0 aliphatic rings. The topological polar surface area (TPSA) is 120 Å². The van der Waals surface area contributed by atoms with Gasteiger partial charge in [0.2, 0.25) is 11.8 Å². The Morgan fingerprint density at radius 3 is 2.20 bits per heavy atom. The predicted octanol–water partition coefficient (Wildman–Crippen LogP) is 1.36. The fourth-order valence-electron chi connectivity index (χ4n) is 2.39. The molecule has 30 heavy (non-hydrogen) atoms. The number of amides is 2. The molecule has 0 rings (SSSR count). The smallest absolute Gasteiger partial charge is 0.233 e. The fraction of sp³-hybridized carbons (Fsp3) is 0.857. The SMILES string of the molecule is CCCOCCNC(=O)CC(SC[C@H](N)C(=O)C(C)C)C(=O)NCCOCC(C)C. The van der Waals surface area contributed by atoms with Gasteiger partial charge in [-0.1, -0.05) is 34.6 Å². The molecule has 4 N–H and O–H groups in total. The first-order valence-electron chi connectivity index (χ1n) is 10.8. The number of Topliss-reactive ketones (excluding diaryl/α,β-unsaturated/α-hetero) is 1. The number of thioether (sulfide) groups is 1. The van der Waals surface area contributed by atoms with Crippen molar-refractivity contribution in [3.05, 3.63) is 0 Å². The fourth-order valence-corrected chi connectivity index (χ4v) is 3.49. The molecule has 0 saturated heterocycles. The van der Waals surface area contributed by atoms with Crippen molar-refractivity contribution < 1.29 is 23.9 Å². The Labute approximate surface area is 185 Å². The maximum atomic E-state index is 12.6. The average molecular weight is 448 g/mol. The van der Waals surface area contributed by atoms with Gasteiger partial charge in [0.1, 0.15) is 0 Å². The third-order valence-electron chi connectivity index (χ3n) is 3.99.